The number of nitrogens with one attached hydrogen (secondary N) is 2. The van der Waals surface area contributed by atoms with Gasteiger partial charge in [0.05, 0.1) is 0 Å². The third-order valence-electron chi connectivity index (χ3n) is 2.66. The molecule has 2 N–H and O–H groups in total. The molecule has 2 rings (SSSR count). The van der Waals surface area contributed by atoms with Crippen molar-refractivity contribution in [3.8, 4) is 0 Å². The lowest BCUT2D eigenvalue weighted by Gasteiger charge is -2.34. The van der Waals surface area contributed by atoms with Crippen LogP contribution in [0.15, 0.2) is 0 Å². The van der Waals surface area contributed by atoms with Gasteiger partial charge in [-0.2, -0.15) is 4.37 Å². The van der Waals surface area contributed by atoms with E-state index in [-0.39, 0.29) is 11.9 Å². The fourth-order valence-electron chi connectivity index (χ4n) is 1.86. The molecular formula is C10H17N5OS. The highest BCUT2D eigenvalue weighted by Crippen LogP contribution is 2.20. The molecule has 0 aliphatic carbocycles. The molecule has 1 aromatic rings. The second-order valence-electron chi connectivity index (χ2n) is 3.93. The Balaban J connectivity index is 2.14. The number of likely N-dealkylation sites (N-methyl/N-ethyl adjacent to an activating group) is 1. The topological polar surface area (TPSA) is 70.2 Å². The molecule has 1 saturated heterocycles. The van der Waals surface area contributed by atoms with Crippen LogP contribution >= 0.6 is 11.5 Å². The quantitative estimate of drug-likeness (QED) is 0.780. The van der Waals surface area contributed by atoms with E-state index in [1.807, 2.05) is 18.7 Å². The van der Waals surface area contributed by atoms with Crippen molar-refractivity contribution in [3.05, 3.63) is 5.82 Å². The maximum Gasteiger partial charge on any atom is 0.244 e. The smallest absolute Gasteiger partial charge is 0.244 e. The van der Waals surface area contributed by atoms with Gasteiger partial charge < -0.3 is 15.5 Å². The summed E-state index contributed by atoms with van der Waals surface area (Å²) in [5, 5.41) is 6.93. The molecule has 0 bridgehead atoms. The molecule has 1 aliphatic heterocycles. The summed E-state index contributed by atoms with van der Waals surface area (Å²) in [5.74, 6) is 0.811. The predicted octanol–water partition coefficient (Wildman–Crippen LogP) is -0.239. The van der Waals surface area contributed by atoms with E-state index in [0.29, 0.717) is 13.1 Å². The van der Waals surface area contributed by atoms with Crippen molar-refractivity contribution in [1.82, 2.24) is 20.0 Å². The molecule has 94 valence electrons. The van der Waals surface area contributed by atoms with E-state index in [4.69, 9.17) is 0 Å². The molecule has 7 heteroatoms. The molecule has 0 radical (unpaired) electrons. The maximum absolute atomic E-state index is 12.0. The summed E-state index contributed by atoms with van der Waals surface area (Å²) in [7, 11) is 0. The van der Waals surface area contributed by atoms with E-state index in [1.165, 1.54) is 11.5 Å². The number of rotatable bonds is 3. The average molecular weight is 255 g/mol. The van der Waals surface area contributed by atoms with Crippen molar-refractivity contribution >= 4 is 22.6 Å². The third-order valence-corrected chi connectivity index (χ3v) is 3.50. The zero-order valence-corrected chi connectivity index (χ0v) is 10.9. The van der Waals surface area contributed by atoms with Crippen molar-refractivity contribution in [2.45, 2.75) is 19.9 Å². The highest BCUT2D eigenvalue weighted by Gasteiger charge is 2.30. The monoisotopic (exact) mass is 255 g/mol. The van der Waals surface area contributed by atoms with E-state index < -0.39 is 0 Å². The summed E-state index contributed by atoms with van der Waals surface area (Å²) in [6, 6.07) is -0.184. The molecule has 0 aromatic carbocycles. The number of hydrogen-bond donors (Lipinski definition) is 2. The first-order chi connectivity index (χ1) is 8.22. The van der Waals surface area contributed by atoms with Crippen LogP contribution in [0, 0.1) is 6.92 Å². The van der Waals surface area contributed by atoms with Crippen LogP contribution in [0.2, 0.25) is 0 Å². The maximum atomic E-state index is 12.0. The average Bonchev–Trinajstić information content (AvgIpc) is 2.76. The first kappa shape index (κ1) is 12.3. The van der Waals surface area contributed by atoms with Crippen LogP contribution < -0.4 is 15.5 Å². The lowest BCUT2D eigenvalue weighted by Crippen LogP contribution is -2.58. The minimum absolute atomic E-state index is 0.0487. The van der Waals surface area contributed by atoms with Gasteiger partial charge in [0.2, 0.25) is 11.0 Å². The highest BCUT2D eigenvalue weighted by atomic mass is 32.1. The molecule has 1 amide bonds. The van der Waals surface area contributed by atoms with Gasteiger partial charge in [0.15, 0.2) is 0 Å². The van der Waals surface area contributed by atoms with Crippen molar-refractivity contribution in [2.24, 2.45) is 0 Å². The Bertz CT molecular complexity index is 394. The van der Waals surface area contributed by atoms with Crippen LogP contribution in [0.5, 0.6) is 0 Å². The van der Waals surface area contributed by atoms with Gasteiger partial charge in [-0.3, -0.25) is 4.79 Å². The lowest BCUT2D eigenvalue weighted by atomic mass is 10.2. The zero-order chi connectivity index (χ0) is 12.3. The number of anilines is 1. The molecule has 1 fully saturated rings. The number of nitrogens with zero attached hydrogens (tertiary/aromatic N) is 3. The fourth-order valence-corrected chi connectivity index (χ4v) is 2.61. The Morgan fingerprint density at radius 2 is 2.53 bits per heavy atom. The SMILES string of the molecule is CCNC(=O)C1CNCCN1c1nc(C)ns1. The molecule has 0 spiro atoms. The van der Waals surface area contributed by atoms with E-state index in [0.717, 1.165) is 24.0 Å². The number of aromatic nitrogens is 2. The molecule has 1 unspecified atom stereocenters. The Hall–Kier alpha value is -1.21. The molecule has 0 saturated carbocycles. The van der Waals surface area contributed by atoms with E-state index in [2.05, 4.69) is 20.0 Å². The van der Waals surface area contributed by atoms with Crippen LogP contribution in [0.1, 0.15) is 12.7 Å². The van der Waals surface area contributed by atoms with Crippen LogP contribution in [-0.4, -0.2) is 47.5 Å². The zero-order valence-electron chi connectivity index (χ0n) is 10.1. The van der Waals surface area contributed by atoms with Crippen LogP contribution in [-0.2, 0) is 4.79 Å². The standard InChI is InChI=1S/C10H17N5OS/c1-3-12-9(16)8-6-11-4-5-15(8)10-13-7(2)14-17-10/h8,11H,3-6H2,1-2H3,(H,12,16). The highest BCUT2D eigenvalue weighted by molar-refractivity contribution is 7.09. The van der Waals surface area contributed by atoms with E-state index >= 15 is 0 Å². The Kier molecular flexibility index (Phi) is 3.90. The Morgan fingerprint density at radius 3 is 3.18 bits per heavy atom. The second-order valence-corrected chi connectivity index (χ2v) is 4.66. The fraction of sp³-hybridized carbons (Fsp3) is 0.700. The van der Waals surface area contributed by atoms with Gasteiger partial charge in [-0.25, -0.2) is 4.98 Å². The predicted molar refractivity (Wildman–Crippen MR) is 67.3 cm³/mol. The Labute approximate surface area is 105 Å². The number of carbonyl (C=O) groups excluding carboxylic acids is 1. The van der Waals surface area contributed by atoms with Gasteiger partial charge in [-0.15, -0.1) is 0 Å². The minimum Gasteiger partial charge on any atom is -0.355 e. The summed E-state index contributed by atoms with van der Waals surface area (Å²) in [6.07, 6.45) is 0. The molecule has 6 nitrogen and oxygen atoms in total. The molecule has 17 heavy (non-hydrogen) atoms. The van der Waals surface area contributed by atoms with Gasteiger partial charge in [0.1, 0.15) is 11.9 Å². The summed E-state index contributed by atoms with van der Waals surface area (Å²) in [5.41, 5.74) is 0. The van der Waals surface area contributed by atoms with Crippen LogP contribution in [0.25, 0.3) is 0 Å². The normalized spacial score (nSPS) is 20.4. The second kappa shape index (κ2) is 5.42. The number of carbonyl (C=O) groups is 1. The number of piperazine rings is 1. The van der Waals surface area contributed by atoms with Gasteiger partial charge in [0, 0.05) is 37.7 Å². The van der Waals surface area contributed by atoms with Crippen molar-refractivity contribution < 1.29 is 4.79 Å². The van der Waals surface area contributed by atoms with Gasteiger partial charge in [-0.1, -0.05) is 0 Å². The summed E-state index contributed by atoms with van der Waals surface area (Å²) >= 11 is 1.35. The number of amides is 1. The summed E-state index contributed by atoms with van der Waals surface area (Å²) in [4.78, 5) is 18.3. The van der Waals surface area contributed by atoms with Crippen LogP contribution in [0.4, 0.5) is 5.13 Å². The summed E-state index contributed by atoms with van der Waals surface area (Å²) < 4.78 is 4.17. The van der Waals surface area contributed by atoms with Crippen molar-refractivity contribution in [1.29, 1.82) is 0 Å². The Morgan fingerprint density at radius 1 is 1.71 bits per heavy atom. The van der Waals surface area contributed by atoms with Gasteiger partial charge >= 0.3 is 0 Å². The molecule has 1 atom stereocenters. The number of aryl methyl sites for hydroxylation is 1. The first-order valence-electron chi connectivity index (χ1n) is 5.77. The first-order valence-corrected chi connectivity index (χ1v) is 6.55. The molecule has 2 heterocycles. The largest absolute Gasteiger partial charge is 0.355 e. The van der Waals surface area contributed by atoms with Crippen LogP contribution in [0.3, 0.4) is 0 Å². The van der Waals surface area contributed by atoms with E-state index in [9.17, 15) is 4.79 Å². The summed E-state index contributed by atoms with van der Waals surface area (Å²) in [6.45, 7) is 6.75. The third kappa shape index (κ3) is 2.73. The van der Waals surface area contributed by atoms with Gasteiger partial charge in [-0.05, 0) is 13.8 Å². The number of hydrogen-bond acceptors (Lipinski definition) is 6. The lowest BCUT2D eigenvalue weighted by molar-refractivity contribution is -0.122. The van der Waals surface area contributed by atoms with Gasteiger partial charge in [0.25, 0.3) is 0 Å². The molecule has 1 aliphatic rings. The molecule has 1 aromatic heterocycles. The molecular weight excluding hydrogens is 238 g/mol. The minimum atomic E-state index is -0.184. The van der Waals surface area contributed by atoms with E-state index in [1.54, 1.807) is 0 Å². The van der Waals surface area contributed by atoms with Crippen molar-refractivity contribution in [3.63, 3.8) is 0 Å². The van der Waals surface area contributed by atoms with Crippen molar-refractivity contribution in [2.75, 3.05) is 31.1 Å².